The van der Waals surface area contributed by atoms with Gasteiger partial charge in [-0.1, -0.05) is 0 Å². The van der Waals surface area contributed by atoms with E-state index in [1.165, 1.54) is 5.01 Å². The minimum atomic E-state index is -0.359. The Labute approximate surface area is 65.5 Å². The zero-order valence-electron chi connectivity index (χ0n) is 6.83. The Morgan fingerprint density at radius 1 is 1.64 bits per heavy atom. The van der Waals surface area contributed by atoms with Crippen LogP contribution in [0.15, 0.2) is 0 Å². The van der Waals surface area contributed by atoms with E-state index in [2.05, 4.69) is 5.32 Å². The molecule has 0 aromatic carbocycles. The van der Waals surface area contributed by atoms with E-state index >= 15 is 0 Å². The molecule has 0 atom stereocenters. The van der Waals surface area contributed by atoms with Crippen LogP contribution in [0.3, 0.4) is 0 Å². The van der Waals surface area contributed by atoms with Gasteiger partial charge in [0.15, 0.2) is 5.03 Å². The third-order valence-electron chi connectivity index (χ3n) is 1.95. The summed E-state index contributed by atoms with van der Waals surface area (Å²) in [5, 5.41) is 14.6. The third kappa shape index (κ3) is 1.59. The first-order valence-corrected chi connectivity index (χ1v) is 3.67. The van der Waals surface area contributed by atoms with E-state index in [1.54, 1.807) is 0 Å². The fraction of sp³-hybridized carbons (Fsp3) is 1.00. The molecule has 1 aliphatic heterocycles. The van der Waals surface area contributed by atoms with Gasteiger partial charge in [0.2, 0.25) is 0 Å². The van der Waals surface area contributed by atoms with Gasteiger partial charge in [-0.05, 0) is 13.8 Å². The molecule has 0 radical (unpaired) electrons. The molecule has 0 bridgehead atoms. The molecule has 0 aromatic heterocycles. The molecule has 1 aliphatic rings. The van der Waals surface area contributed by atoms with E-state index in [4.69, 9.17) is 0 Å². The molecule has 0 unspecified atom stereocenters. The molecule has 0 saturated carbocycles. The average Bonchev–Trinajstić information content (AvgIpc) is 1.85. The maximum absolute atomic E-state index is 10.5. The molecule has 0 aromatic rings. The first-order valence-electron chi connectivity index (χ1n) is 3.67. The molecule has 5 nitrogen and oxygen atoms in total. The number of hydrazine groups is 1. The van der Waals surface area contributed by atoms with E-state index in [1.807, 2.05) is 13.8 Å². The number of nitrogens with zero attached hydrogens (tertiary/aromatic N) is 2. The number of piperazine rings is 1. The summed E-state index contributed by atoms with van der Waals surface area (Å²) < 4.78 is 0. The molecule has 1 N–H and O–H groups in total. The third-order valence-corrected chi connectivity index (χ3v) is 1.95. The van der Waals surface area contributed by atoms with Crippen molar-refractivity contribution in [2.45, 2.75) is 19.4 Å². The fourth-order valence-electron chi connectivity index (χ4n) is 1.28. The lowest BCUT2D eigenvalue weighted by molar-refractivity contribution is -0.674. The fourth-order valence-corrected chi connectivity index (χ4v) is 1.28. The smallest absolute Gasteiger partial charge is 0.160 e. The SMILES string of the molecule is CC1(C)CNCCN1[N+](=O)[O-]. The summed E-state index contributed by atoms with van der Waals surface area (Å²) in [7, 11) is 0. The zero-order chi connectivity index (χ0) is 8.48. The van der Waals surface area contributed by atoms with E-state index in [9.17, 15) is 10.1 Å². The maximum Gasteiger partial charge on any atom is 0.160 e. The first-order chi connectivity index (χ1) is 5.04. The van der Waals surface area contributed by atoms with Gasteiger partial charge in [-0.15, -0.1) is 5.01 Å². The molecule has 5 heteroatoms. The summed E-state index contributed by atoms with van der Waals surface area (Å²) in [6.07, 6.45) is 0. The second-order valence-electron chi connectivity index (χ2n) is 3.35. The van der Waals surface area contributed by atoms with E-state index in [0.29, 0.717) is 19.6 Å². The summed E-state index contributed by atoms with van der Waals surface area (Å²) in [6.45, 7) is 5.59. The Morgan fingerprint density at radius 2 is 2.27 bits per heavy atom. The number of rotatable bonds is 1. The standard InChI is InChI=1S/C6H13N3O2/c1-6(2)5-7-3-4-8(6)9(10)11/h7H,3-5H2,1-2H3. The lowest BCUT2D eigenvalue weighted by Gasteiger charge is -2.35. The molecule has 0 aliphatic carbocycles. The van der Waals surface area contributed by atoms with Crippen LogP contribution in [0.4, 0.5) is 0 Å². The summed E-state index contributed by atoms with van der Waals surface area (Å²) in [4.78, 5) is 10.5. The molecule has 1 rings (SSSR count). The monoisotopic (exact) mass is 159 g/mol. The van der Waals surface area contributed by atoms with Gasteiger partial charge in [0.25, 0.3) is 0 Å². The quantitative estimate of drug-likeness (QED) is 0.427. The van der Waals surface area contributed by atoms with Crippen molar-refractivity contribution in [2.24, 2.45) is 0 Å². The highest BCUT2D eigenvalue weighted by atomic mass is 16.7. The van der Waals surface area contributed by atoms with Crippen LogP contribution in [0.2, 0.25) is 0 Å². The summed E-state index contributed by atoms with van der Waals surface area (Å²) >= 11 is 0. The second-order valence-corrected chi connectivity index (χ2v) is 3.35. The Kier molecular flexibility index (Phi) is 1.99. The van der Waals surface area contributed by atoms with Crippen molar-refractivity contribution >= 4 is 0 Å². The van der Waals surface area contributed by atoms with Crippen LogP contribution in [-0.2, 0) is 0 Å². The topological polar surface area (TPSA) is 58.4 Å². The Morgan fingerprint density at radius 3 is 2.64 bits per heavy atom. The molecular formula is C6H13N3O2. The van der Waals surface area contributed by atoms with Crippen molar-refractivity contribution in [3.05, 3.63) is 10.1 Å². The molecule has 1 fully saturated rings. The molecule has 64 valence electrons. The Balaban J connectivity index is 2.67. The minimum absolute atomic E-state index is 0.319. The lowest BCUT2D eigenvalue weighted by atomic mass is 10.0. The number of hydrogen-bond acceptors (Lipinski definition) is 3. The van der Waals surface area contributed by atoms with Crippen LogP contribution >= 0.6 is 0 Å². The van der Waals surface area contributed by atoms with Crippen molar-refractivity contribution in [1.29, 1.82) is 0 Å². The highest BCUT2D eigenvalue weighted by Crippen LogP contribution is 2.15. The van der Waals surface area contributed by atoms with Crippen molar-refractivity contribution in [3.8, 4) is 0 Å². The summed E-state index contributed by atoms with van der Waals surface area (Å²) in [5.41, 5.74) is -0.359. The van der Waals surface area contributed by atoms with Crippen LogP contribution < -0.4 is 5.32 Å². The van der Waals surface area contributed by atoms with Gasteiger partial charge in [0.1, 0.15) is 5.54 Å². The molecular weight excluding hydrogens is 146 g/mol. The molecule has 0 amide bonds. The van der Waals surface area contributed by atoms with Crippen molar-refractivity contribution in [2.75, 3.05) is 19.6 Å². The molecule has 1 saturated heterocycles. The first kappa shape index (κ1) is 8.26. The van der Waals surface area contributed by atoms with Crippen LogP contribution in [-0.4, -0.2) is 35.2 Å². The summed E-state index contributed by atoms with van der Waals surface area (Å²) in [6, 6.07) is 0. The van der Waals surface area contributed by atoms with Crippen molar-refractivity contribution in [1.82, 2.24) is 10.3 Å². The van der Waals surface area contributed by atoms with Crippen LogP contribution in [0.5, 0.6) is 0 Å². The number of nitrogens with one attached hydrogen (secondary N) is 1. The Bertz CT molecular complexity index is 169. The van der Waals surface area contributed by atoms with E-state index in [0.717, 1.165) is 0 Å². The lowest BCUT2D eigenvalue weighted by Crippen LogP contribution is -2.59. The predicted octanol–water partition coefficient (Wildman–Crippen LogP) is -0.138. The Hall–Kier alpha value is -0.840. The highest BCUT2D eigenvalue weighted by molar-refractivity contribution is 4.83. The van der Waals surface area contributed by atoms with Gasteiger partial charge in [0.05, 0.1) is 6.54 Å². The van der Waals surface area contributed by atoms with Gasteiger partial charge >= 0.3 is 0 Å². The second kappa shape index (κ2) is 2.65. The predicted molar refractivity (Wildman–Crippen MR) is 40.6 cm³/mol. The van der Waals surface area contributed by atoms with E-state index < -0.39 is 0 Å². The zero-order valence-corrected chi connectivity index (χ0v) is 6.83. The largest absolute Gasteiger partial charge is 0.312 e. The van der Waals surface area contributed by atoms with Gasteiger partial charge in [-0.3, -0.25) is 0 Å². The molecule has 11 heavy (non-hydrogen) atoms. The van der Waals surface area contributed by atoms with Crippen LogP contribution in [0.25, 0.3) is 0 Å². The number of nitro groups is 1. The highest BCUT2D eigenvalue weighted by Gasteiger charge is 2.36. The minimum Gasteiger partial charge on any atom is -0.312 e. The molecule has 1 heterocycles. The average molecular weight is 159 g/mol. The van der Waals surface area contributed by atoms with Gasteiger partial charge < -0.3 is 5.32 Å². The van der Waals surface area contributed by atoms with Crippen molar-refractivity contribution in [3.63, 3.8) is 0 Å². The maximum atomic E-state index is 10.5. The van der Waals surface area contributed by atoms with Gasteiger partial charge in [0, 0.05) is 13.1 Å². The van der Waals surface area contributed by atoms with E-state index in [-0.39, 0.29) is 10.6 Å². The van der Waals surface area contributed by atoms with Crippen LogP contribution in [0, 0.1) is 10.1 Å². The summed E-state index contributed by atoms with van der Waals surface area (Å²) in [5.74, 6) is 0. The van der Waals surface area contributed by atoms with Gasteiger partial charge in [-0.25, -0.2) is 10.1 Å². The van der Waals surface area contributed by atoms with Crippen molar-refractivity contribution < 1.29 is 5.03 Å². The number of hydrogen-bond donors (Lipinski definition) is 1. The normalized spacial score (nSPS) is 23.3. The van der Waals surface area contributed by atoms with Gasteiger partial charge in [-0.2, -0.15) is 0 Å². The van der Waals surface area contributed by atoms with Crippen LogP contribution in [0.1, 0.15) is 13.8 Å². The molecule has 0 spiro atoms.